The van der Waals surface area contributed by atoms with Gasteiger partial charge in [0.2, 0.25) is 0 Å². The zero-order valence-corrected chi connectivity index (χ0v) is 16.3. The van der Waals surface area contributed by atoms with Gasteiger partial charge in [0.15, 0.2) is 0 Å². The molecular formula is C24H20N4O. The maximum Gasteiger partial charge on any atom is 0.121 e. The van der Waals surface area contributed by atoms with Gasteiger partial charge in [-0.1, -0.05) is 12.1 Å². The van der Waals surface area contributed by atoms with Gasteiger partial charge < -0.3 is 4.74 Å². The lowest BCUT2D eigenvalue weighted by Gasteiger charge is -2.09. The van der Waals surface area contributed by atoms with E-state index in [1.54, 1.807) is 0 Å². The third-order valence-corrected chi connectivity index (χ3v) is 4.97. The summed E-state index contributed by atoms with van der Waals surface area (Å²) in [6.07, 6.45) is 3.81. The van der Waals surface area contributed by atoms with Crippen LogP contribution in [0.4, 0.5) is 0 Å². The van der Waals surface area contributed by atoms with E-state index in [1.807, 2.05) is 79.3 Å². The van der Waals surface area contributed by atoms with Crippen molar-refractivity contribution < 1.29 is 4.74 Å². The van der Waals surface area contributed by atoms with E-state index < -0.39 is 0 Å². The van der Waals surface area contributed by atoms with Gasteiger partial charge in [0, 0.05) is 35.1 Å². The predicted molar refractivity (Wildman–Crippen MR) is 115 cm³/mol. The Kier molecular flexibility index (Phi) is 4.21. The van der Waals surface area contributed by atoms with Crippen molar-refractivity contribution in [3.8, 4) is 28.3 Å². The van der Waals surface area contributed by atoms with Crippen molar-refractivity contribution in [2.45, 2.75) is 13.8 Å². The number of hydrogen-bond acceptors (Lipinski definition) is 4. The summed E-state index contributed by atoms with van der Waals surface area (Å²) in [5.74, 6) is 0.824. The fraction of sp³-hybridized carbons (Fsp3) is 0.125. The number of nitrogens with zero attached hydrogens (tertiary/aromatic N) is 4. The zero-order valence-electron chi connectivity index (χ0n) is 16.3. The summed E-state index contributed by atoms with van der Waals surface area (Å²) in [5, 5.41) is 5.92. The molecule has 0 fully saturated rings. The Morgan fingerprint density at radius 2 is 1.93 bits per heavy atom. The number of aromatic nitrogens is 4. The van der Waals surface area contributed by atoms with E-state index in [0.717, 1.165) is 50.4 Å². The van der Waals surface area contributed by atoms with Gasteiger partial charge in [-0.15, -0.1) is 0 Å². The molecule has 142 valence electrons. The molecule has 0 atom stereocenters. The predicted octanol–water partition coefficient (Wildman–Crippen LogP) is 5.32. The van der Waals surface area contributed by atoms with Crippen molar-refractivity contribution in [3.63, 3.8) is 0 Å². The molecule has 0 amide bonds. The van der Waals surface area contributed by atoms with E-state index in [-0.39, 0.29) is 0 Å². The van der Waals surface area contributed by atoms with Crippen LogP contribution < -0.4 is 4.74 Å². The minimum atomic E-state index is 0.627. The van der Waals surface area contributed by atoms with Crippen LogP contribution in [-0.2, 0) is 0 Å². The van der Waals surface area contributed by atoms with Gasteiger partial charge in [0.25, 0.3) is 0 Å². The smallest absolute Gasteiger partial charge is 0.121 e. The topological polar surface area (TPSA) is 52.3 Å². The fourth-order valence-corrected chi connectivity index (χ4v) is 3.72. The van der Waals surface area contributed by atoms with Crippen molar-refractivity contribution in [3.05, 3.63) is 78.8 Å². The lowest BCUT2D eigenvalue weighted by atomic mass is 9.98. The van der Waals surface area contributed by atoms with E-state index >= 15 is 0 Å². The third-order valence-electron chi connectivity index (χ3n) is 4.97. The quantitative estimate of drug-likeness (QED) is 0.423. The number of aryl methyl sites for hydroxylation is 1. The first-order chi connectivity index (χ1) is 14.2. The molecule has 0 bridgehead atoms. The van der Waals surface area contributed by atoms with Gasteiger partial charge in [-0.05, 0) is 61.9 Å². The monoisotopic (exact) mass is 380 g/mol. The molecule has 0 saturated carbocycles. The van der Waals surface area contributed by atoms with Crippen molar-refractivity contribution in [2.75, 3.05) is 6.61 Å². The Hall–Kier alpha value is -3.73. The largest absolute Gasteiger partial charge is 0.494 e. The third kappa shape index (κ3) is 3.01. The molecule has 1 aromatic carbocycles. The van der Waals surface area contributed by atoms with Gasteiger partial charge in [0.05, 0.1) is 23.3 Å². The van der Waals surface area contributed by atoms with Gasteiger partial charge >= 0.3 is 0 Å². The summed E-state index contributed by atoms with van der Waals surface area (Å²) in [4.78, 5) is 9.30. The number of fused-ring (bicyclic) bond motifs is 2. The highest BCUT2D eigenvalue weighted by atomic mass is 16.5. The van der Waals surface area contributed by atoms with Crippen LogP contribution >= 0.6 is 0 Å². The Bertz CT molecular complexity index is 1340. The zero-order chi connectivity index (χ0) is 19.8. The summed E-state index contributed by atoms with van der Waals surface area (Å²) < 4.78 is 7.57. The molecule has 4 heterocycles. The summed E-state index contributed by atoms with van der Waals surface area (Å²) in [7, 11) is 0. The van der Waals surface area contributed by atoms with Gasteiger partial charge in [-0.3, -0.25) is 9.97 Å². The lowest BCUT2D eigenvalue weighted by Crippen LogP contribution is -1.93. The van der Waals surface area contributed by atoms with Crippen molar-refractivity contribution in [2.24, 2.45) is 0 Å². The Labute approximate surface area is 168 Å². The average Bonchev–Trinajstić information content (AvgIpc) is 3.13. The highest BCUT2D eigenvalue weighted by molar-refractivity contribution is 6.03. The van der Waals surface area contributed by atoms with Crippen LogP contribution in [0.3, 0.4) is 0 Å². The minimum Gasteiger partial charge on any atom is -0.494 e. The Morgan fingerprint density at radius 1 is 1.00 bits per heavy atom. The number of hydrogen-bond donors (Lipinski definition) is 0. The second-order valence-corrected chi connectivity index (χ2v) is 6.89. The number of ether oxygens (including phenoxy) is 1. The second kappa shape index (κ2) is 7.02. The van der Waals surface area contributed by atoms with Gasteiger partial charge in [-0.25, -0.2) is 4.52 Å². The fourth-order valence-electron chi connectivity index (χ4n) is 3.72. The van der Waals surface area contributed by atoms with E-state index in [0.29, 0.717) is 6.61 Å². The molecule has 0 aliphatic heterocycles. The van der Waals surface area contributed by atoms with Crippen molar-refractivity contribution in [1.82, 2.24) is 19.6 Å². The molecule has 0 radical (unpaired) electrons. The first-order valence-corrected chi connectivity index (χ1v) is 9.68. The number of benzene rings is 1. The van der Waals surface area contributed by atoms with Crippen LogP contribution in [0.25, 0.3) is 38.9 Å². The molecule has 4 aromatic heterocycles. The number of rotatable bonds is 4. The molecule has 0 unspecified atom stereocenters. The first-order valence-electron chi connectivity index (χ1n) is 9.68. The summed E-state index contributed by atoms with van der Waals surface area (Å²) >= 11 is 0. The standard InChI is InChI=1S/C24H20N4O/c1-3-29-17-10-11-18-19(12-13-25-21(18)15-17)23-22-9-4-5-14-28(22)27-24(23)20-8-6-7-16(2)26-20/h4-15H,3H2,1-2H3. The van der Waals surface area contributed by atoms with Crippen LogP contribution in [0.15, 0.2) is 73.1 Å². The van der Waals surface area contributed by atoms with Crippen LogP contribution in [0.5, 0.6) is 5.75 Å². The van der Waals surface area contributed by atoms with E-state index in [1.165, 1.54) is 0 Å². The molecule has 0 aliphatic carbocycles. The van der Waals surface area contributed by atoms with Gasteiger partial charge in [-0.2, -0.15) is 5.10 Å². The first kappa shape index (κ1) is 17.4. The molecule has 5 nitrogen and oxygen atoms in total. The molecule has 5 heteroatoms. The van der Waals surface area contributed by atoms with E-state index in [2.05, 4.69) is 17.1 Å². The molecule has 5 rings (SSSR count). The highest BCUT2D eigenvalue weighted by Gasteiger charge is 2.19. The second-order valence-electron chi connectivity index (χ2n) is 6.89. The molecule has 29 heavy (non-hydrogen) atoms. The minimum absolute atomic E-state index is 0.627. The summed E-state index contributed by atoms with van der Waals surface area (Å²) in [6.45, 7) is 4.60. The van der Waals surface area contributed by atoms with Crippen LogP contribution in [-0.4, -0.2) is 26.2 Å². The van der Waals surface area contributed by atoms with Crippen LogP contribution in [0.1, 0.15) is 12.6 Å². The lowest BCUT2D eigenvalue weighted by molar-refractivity contribution is 0.340. The SMILES string of the molecule is CCOc1ccc2c(-c3c(-c4cccc(C)n4)nn4ccccc34)ccnc2c1. The van der Waals surface area contributed by atoms with Gasteiger partial charge in [0.1, 0.15) is 11.4 Å². The summed E-state index contributed by atoms with van der Waals surface area (Å²) in [5.41, 5.74) is 6.75. The van der Waals surface area contributed by atoms with E-state index in [9.17, 15) is 0 Å². The van der Waals surface area contributed by atoms with Crippen molar-refractivity contribution in [1.29, 1.82) is 0 Å². The van der Waals surface area contributed by atoms with Crippen LogP contribution in [0.2, 0.25) is 0 Å². The molecule has 0 aliphatic rings. The molecule has 0 N–H and O–H groups in total. The maximum absolute atomic E-state index is 5.65. The normalized spacial score (nSPS) is 11.2. The van der Waals surface area contributed by atoms with Crippen LogP contribution in [0, 0.1) is 6.92 Å². The Morgan fingerprint density at radius 3 is 2.79 bits per heavy atom. The average molecular weight is 380 g/mol. The Balaban J connectivity index is 1.82. The molecule has 0 spiro atoms. The van der Waals surface area contributed by atoms with E-state index in [4.69, 9.17) is 14.8 Å². The molecule has 0 saturated heterocycles. The maximum atomic E-state index is 5.65. The highest BCUT2D eigenvalue weighted by Crippen LogP contribution is 2.38. The molecule has 5 aromatic rings. The number of pyridine rings is 3. The molecular weight excluding hydrogens is 360 g/mol. The van der Waals surface area contributed by atoms with Crippen molar-refractivity contribution >= 4 is 16.4 Å². The summed E-state index contributed by atoms with van der Waals surface area (Å²) in [6, 6.07) is 20.2.